The summed E-state index contributed by atoms with van der Waals surface area (Å²) in [7, 11) is 0. The van der Waals surface area contributed by atoms with Crippen molar-refractivity contribution in [3.63, 3.8) is 0 Å². The van der Waals surface area contributed by atoms with Gasteiger partial charge in [0.25, 0.3) is 0 Å². The van der Waals surface area contributed by atoms with Crippen molar-refractivity contribution in [1.29, 1.82) is 0 Å². The monoisotopic (exact) mass is 666 g/mol. The van der Waals surface area contributed by atoms with Crippen LogP contribution in [0.15, 0.2) is 93.2 Å². The first kappa shape index (κ1) is 34.1. The molecule has 9 nitrogen and oxygen atoms in total. The van der Waals surface area contributed by atoms with Crippen molar-refractivity contribution >= 4 is 22.9 Å². The number of aliphatic hydroxyl groups excluding tert-OH is 2. The Labute approximate surface area is 285 Å². The molecular weight excluding hydrogens is 624 g/mol. The second kappa shape index (κ2) is 14.4. The standard InChI is InChI=1S/C40H42O9/c1-24(22-41)30-16-15-26-9-12-27(13-10-26)19-28(14-11-25-7-5-4-6-8-25)20-33(43)47-37-35-32(49-40(2,3)38(37)48-39(30)45)18-17-31-29(23-42)21-34(44)46-36(31)35/h4-10,12-13,17-18,21,28,37-38,41-42H,11,14-16,19-20,22-23H2,1-3H3/t28-,37-,38-/m0/s1. The highest BCUT2D eigenvalue weighted by molar-refractivity contribution is 5.90. The SMILES string of the molecule is CC(CO)=C1CCc2ccc(cc2)C[C@H](CCc2ccccc2)CC(=O)O[C@H]2c3c(ccc4c(CO)cc(=O)oc34)OC(C)(C)[C@H]2OC1=O. The number of aliphatic hydroxyl groups is 2. The first-order chi connectivity index (χ1) is 23.6. The number of rotatable bonds is 5. The normalized spacial score (nSPS) is 22.0. The molecule has 3 atom stereocenters. The fourth-order valence-electron chi connectivity index (χ4n) is 6.90. The molecule has 0 amide bonds. The number of hydrogen-bond donors (Lipinski definition) is 2. The number of aryl methyl sites for hydroxylation is 2. The highest BCUT2D eigenvalue weighted by Gasteiger charge is 2.50. The van der Waals surface area contributed by atoms with Crippen LogP contribution in [0.3, 0.4) is 0 Å². The van der Waals surface area contributed by atoms with E-state index < -0.39 is 42.0 Å². The molecule has 0 unspecified atom stereocenters. The van der Waals surface area contributed by atoms with Crippen molar-refractivity contribution in [1.82, 2.24) is 0 Å². The smallest absolute Gasteiger partial charge is 0.336 e. The van der Waals surface area contributed by atoms with Crippen LogP contribution >= 0.6 is 0 Å². The van der Waals surface area contributed by atoms with E-state index in [1.54, 1.807) is 32.9 Å². The van der Waals surface area contributed by atoms with Gasteiger partial charge in [-0.3, -0.25) is 4.79 Å². The summed E-state index contributed by atoms with van der Waals surface area (Å²) in [5.74, 6) is -0.929. The summed E-state index contributed by atoms with van der Waals surface area (Å²) in [4.78, 5) is 40.8. The van der Waals surface area contributed by atoms with Gasteiger partial charge in [-0.25, -0.2) is 9.59 Å². The summed E-state index contributed by atoms with van der Waals surface area (Å²) in [5.41, 5.74) is 2.85. The van der Waals surface area contributed by atoms with Gasteiger partial charge in [0.05, 0.1) is 18.8 Å². The summed E-state index contributed by atoms with van der Waals surface area (Å²) in [5, 5.41) is 20.6. The molecule has 49 heavy (non-hydrogen) atoms. The molecule has 4 heterocycles. The minimum atomic E-state index is -1.22. The fraction of sp³-hybridized carbons (Fsp3) is 0.375. The Hall–Kier alpha value is -4.73. The second-order valence-electron chi connectivity index (χ2n) is 13.6. The van der Waals surface area contributed by atoms with Crippen molar-refractivity contribution in [2.24, 2.45) is 5.92 Å². The third kappa shape index (κ3) is 7.48. The lowest BCUT2D eigenvalue weighted by molar-refractivity contribution is -0.188. The van der Waals surface area contributed by atoms with Gasteiger partial charge >= 0.3 is 17.6 Å². The summed E-state index contributed by atoms with van der Waals surface area (Å²) in [6.07, 6.45) is 0.747. The molecule has 256 valence electrons. The van der Waals surface area contributed by atoms with Crippen molar-refractivity contribution < 1.29 is 38.4 Å². The Balaban J connectivity index is 1.46. The highest BCUT2D eigenvalue weighted by atomic mass is 16.6. The Morgan fingerprint density at radius 3 is 2.33 bits per heavy atom. The number of carbonyl (C=O) groups is 2. The van der Waals surface area contributed by atoms with E-state index in [-0.39, 0.29) is 30.1 Å². The fourth-order valence-corrected chi connectivity index (χ4v) is 6.90. The predicted octanol–water partition coefficient (Wildman–Crippen LogP) is 6.09. The van der Waals surface area contributed by atoms with Gasteiger partial charge < -0.3 is 28.8 Å². The Kier molecular flexibility index (Phi) is 10.0. The largest absolute Gasteiger partial charge is 0.483 e. The van der Waals surface area contributed by atoms with Crippen LogP contribution in [0.2, 0.25) is 0 Å². The van der Waals surface area contributed by atoms with Gasteiger partial charge in [-0.15, -0.1) is 0 Å². The average Bonchev–Trinajstić information content (AvgIpc) is 3.08. The lowest BCUT2D eigenvalue weighted by Crippen LogP contribution is -2.52. The van der Waals surface area contributed by atoms with E-state index >= 15 is 0 Å². The molecular formula is C40H42O9. The zero-order chi connectivity index (χ0) is 34.7. The first-order valence-corrected chi connectivity index (χ1v) is 16.8. The van der Waals surface area contributed by atoms with Crippen molar-refractivity contribution in [3.8, 4) is 5.75 Å². The molecule has 2 bridgehead atoms. The van der Waals surface area contributed by atoms with Crippen LogP contribution in [0, 0.1) is 5.92 Å². The van der Waals surface area contributed by atoms with E-state index in [9.17, 15) is 24.6 Å². The van der Waals surface area contributed by atoms with Crippen LogP contribution in [0.4, 0.5) is 0 Å². The zero-order valence-corrected chi connectivity index (χ0v) is 28.1. The van der Waals surface area contributed by atoms with Crippen molar-refractivity contribution in [3.05, 3.63) is 122 Å². The number of ether oxygens (including phenoxy) is 3. The molecule has 9 heteroatoms. The zero-order valence-electron chi connectivity index (χ0n) is 28.1. The molecule has 3 aromatic carbocycles. The first-order valence-electron chi connectivity index (χ1n) is 16.8. The molecule has 1 aromatic heterocycles. The predicted molar refractivity (Wildman–Crippen MR) is 183 cm³/mol. The van der Waals surface area contributed by atoms with E-state index in [1.165, 1.54) is 11.6 Å². The van der Waals surface area contributed by atoms with E-state index in [1.807, 2.05) is 30.3 Å². The molecule has 0 aliphatic carbocycles. The molecule has 4 aromatic rings. The number of fused-ring (bicyclic) bond motifs is 13. The number of carbonyl (C=O) groups excluding carboxylic acids is 2. The summed E-state index contributed by atoms with van der Waals surface area (Å²) in [6, 6.07) is 22.9. The van der Waals surface area contributed by atoms with Gasteiger partial charge in [-0.2, -0.15) is 0 Å². The molecule has 7 rings (SSSR count). The van der Waals surface area contributed by atoms with E-state index in [2.05, 4.69) is 24.3 Å². The van der Waals surface area contributed by atoms with Crippen LogP contribution < -0.4 is 10.4 Å². The van der Waals surface area contributed by atoms with Gasteiger partial charge in [0.2, 0.25) is 0 Å². The van der Waals surface area contributed by atoms with Gasteiger partial charge in [0, 0.05) is 23.4 Å². The van der Waals surface area contributed by atoms with Gasteiger partial charge in [0.15, 0.2) is 12.2 Å². The molecule has 0 radical (unpaired) electrons. The summed E-state index contributed by atoms with van der Waals surface area (Å²) < 4.78 is 24.6. The maximum Gasteiger partial charge on any atom is 0.336 e. The number of esters is 2. The minimum Gasteiger partial charge on any atom is -0.483 e. The maximum atomic E-state index is 14.1. The van der Waals surface area contributed by atoms with Crippen molar-refractivity contribution in [2.75, 3.05) is 6.61 Å². The molecule has 0 fully saturated rings. The summed E-state index contributed by atoms with van der Waals surface area (Å²) >= 11 is 0. The number of hydrogen-bond acceptors (Lipinski definition) is 9. The molecule has 2 N–H and O–H groups in total. The second-order valence-corrected chi connectivity index (χ2v) is 13.6. The minimum absolute atomic E-state index is 0.0621. The van der Waals surface area contributed by atoms with Gasteiger partial charge in [0.1, 0.15) is 16.9 Å². The Morgan fingerprint density at radius 2 is 1.61 bits per heavy atom. The van der Waals surface area contributed by atoms with Gasteiger partial charge in [-0.05, 0) is 98.8 Å². The lowest BCUT2D eigenvalue weighted by atomic mass is 9.86. The van der Waals surface area contributed by atoms with Crippen LogP contribution in [0.25, 0.3) is 11.0 Å². The van der Waals surface area contributed by atoms with E-state index in [0.717, 1.165) is 24.0 Å². The summed E-state index contributed by atoms with van der Waals surface area (Å²) in [6.45, 7) is 4.41. The maximum absolute atomic E-state index is 14.1. The molecule has 0 saturated carbocycles. The third-order valence-corrected chi connectivity index (χ3v) is 9.63. The molecule has 3 aliphatic rings. The molecule has 3 aliphatic heterocycles. The van der Waals surface area contributed by atoms with Crippen LogP contribution in [-0.2, 0) is 44.9 Å². The van der Waals surface area contributed by atoms with Gasteiger partial charge in [-0.1, -0.05) is 54.6 Å². The topological polar surface area (TPSA) is 133 Å². The van der Waals surface area contributed by atoms with E-state index in [0.29, 0.717) is 47.1 Å². The van der Waals surface area contributed by atoms with Crippen molar-refractivity contribution in [2.45, 2.75) is 83.7 Å². The molecule has 0 spiro atoms. The Bertz CT molecular complexity index is 1920. The highest BCUT2D eigenvalue weighted by Crippen LogP contribution is 2.47. The third-order valence-electron chi connectivity index (χ3n) is 9.63. The average molecular weight is 667 g/mol. The van der Waals surface area contributed by atoms with Crippen LogP contribution in [0.1, 0.15) is 74.0 Å². The molecule has 0 saturated heterocycles. The van der Waals surface area contributed by atoms with E-state index in [4.69, 9.17) is 18.6 Å². The number of benzene rings is 3. The van der Waals surface area contributed by atoms with Crippen LogP contribution in [0.5, 0.6) is 5.75 Å². The Morgan fingerprint density at radius 1 is 0.878 bits per heavy atom. The van der Waals surface area contributed by atoms with Crippen LogP contribution in [-0.4, -0.2) is 40.5 Å². The lowest BCUT2D eigenvalue weighted by Gasteiger charge is -2.43. The quantitative estimate of drug-likeness (QED) is 0.148.